The minimum Gasteiger partial charge on any atom is -0.478 e. The van der Waals surface area contributed by atoms with Crippen LogP contribution >= 0.6 is 11.8 Å². The van der Waals surface area contributed by atoms with Crippen molar-refractivity contribution >= 4 is 17.7 Å². The maximum absolute atomic E-state index is 13.6. The summed E-state index contributed by atoms with van der Waals surface area (Å²) in [6.07, 6.45) is 0. The molecule has 0 aromatic heterocycles. The minimum atomic E-state index is -1.24. The SMILES string of the molecule is Cc1ccc(SCc2ccc(C(=O)O)c(F)c2)c(C)c1. The summed E-state index contributed by atoms with van der Waals surface area (Å²) >= 11 is 1.62. The van der Waals surface area contributed by atoms with E-state index in [2.05, 4.69) is 12.1 Å². The van der Waals surface area contributed by atoms with Crippen molar-refractivity contribution in [2.24, 2.45) is 0 Å². The standard InChI is InChI=1S/C16H15FO2S/c1-10-3-6-15(11(2)7-10)20-9-12-4-5-13(16(18)19)14(17)8-12/h3-8H,9H2,1-2H3,(H,18,19). The van der Waals surface area contributed by atoms with Gasteiger partial charge in [-0.15, -0.1) is 11.8 Å². The van der Waals surface area contributed by atoms with E-state index in [1.165, 1.54) is 23.3 Å². The van der Waals surface area contributed by atoms with Gasteiger partial charge in [-0.3, -0.25) is 0 Å². The molecule has 0 atom stereocenters. The van der Waals surface area contributed by atoms with Crippen LogP contribution in [0.25, 0.3) is 0 Å². The van der Waals surface area contributed by atoms with Crippen molar-refractivity contribution in [3.05, 3.63) is 64.5 Å². The van der Waals surface area contributed by atoms with E-state index >= 15 is 0 Å². The van der Waals surface area contributed by atoms with Crippen LogP contribution in [-0.2, 0) is 5.75 Å². The molecule has 0 amide bonds. The summed E-state index contributed by atoms with van der Waals surface area (Å²) in [5, 5.41) is 8.78. The van der Waals surface area contributed by atoms with Crippen LogP contribution in [0.15, 0.2) is 41.3 Å². The molecule has 2 aromatic carbocycles. The number of carboxylic acid groups (broad SMARTS) is 1. The van der Waals surface area contributed by atoms with Crippen LogP contribution in [-0.4, -0.2) is 11.1 Å². The molecule has 0 bridgehead atoms. The predicted molar refractivity (Wildman–Crippen MR) is 78.8 cm³/mol. The Kier molecular flexibility index (Phi) is 4.45. The fourth-order valence-corrected chi connectivity index (χ4v) is 2.90. The largest absolute Gasteiger partial charge is 0.478 e. The summed E-state index contributed by atoms with van der Waals surface area (Å²) in [6.45, 7) is 4.09. The molecule has 0 radical (unpaired) electrons. The molecule has 0 spiro atoms. The van der Waals surface area contributed by atoms with Crippen molar-refractivity contribution < 1.29 is 14.3 Å². The van der Waals surface area contributed by atoms with Gasteiger partial charge in [0.15, 0.2) is 0 Å². The molecule has 4 heteroatoms. The van der Waals surface area contributed by atoms with Gasteiger partial charge in [0.1, 0.15) is 5.82 Å². The van der Waals surface area contributed by atoms with Gasteiger partial charge in [-0.05, 0) is 43.2 Å². The van der Waals surface area contributed by atoms with E-state index in [4.69, 9.17) is 5.11 Å². The lowest BCUT2D eigenvalue weighted by Crippen LogP contribution is -2.00. The van der Waals surface area contributed by atoms with Gasteiger partial charge in [0.05, 0.1) is 5.56 Å². The molecule has 2 aromatic rings. The van der Waals surface area contributed by atoms with Crippen molar-refractivity contribution in [2.45, 2.75) is 24.5 Å². The van der Waals surface area contributed by atoms with E-state index in [9.17, 15) is 9.18 Å². The van der Waals surface area contributed by atoms with Crippen LogP contribution in [0, 0.1) is 19.7 Å². The van der Waals surface area contributed by atoms with Gasteiger partial charge in [0, 0.05) is 10.6 Å². The molecule has 2 nitrogen and oxygen atoms in total. The number of halogens is 1. The second-order valence-corrected chi connectivity index (χ2v) is 5.69. The van der Waals surface area contributed by atoms with Crippen LogP contribution in [0.5, 0.6) is 0 Å². The fraction of sp³-hybridized carbons (Fsp3) is 0.188. The second kappa shape index (κ2) is 6.09. The Labute approximate surface area is 121 Å². The molecule has 1 N–H and O–H groups in total. The average molecular weight is 290 g/mol. The Morgan fingerprint density at radius 2 is 1.95 bits per heavy atom. The van der Waals surface area contributed by atoms with Gasteiger partial charge in [-0.2, -0.15) is 0 Å². The van der Waals surface area contributed by atoms with Crippen LogP contribution in [0.1, 0.15) is 27.0 Å². The molecule has 0 aliphatic heterocycles. The number of carboxylic acids is 1. The molecular weight excluding hydrogens is 275 g/mol. The highest BCUT2D eigenvalue weighted by atomic mass is 32.2. The molecule has 2 rings (SSSR count). The maximum Gasteiger partial charge on any atom is 0.338 e. The van der Waals surface area contributed by atoms with Crippen LogP contribution < -0.4 is 0 Å². The van der Waals surface area contributed by atoms with Crippen molar-refractivity contribution in [3.63, 3.8) is 0 Å². The number of hydrogen-bond donors (Lipinski definition) is 1. The van der Waals surface area contributed by atoms with Crippen LogP contribution in [0.2, 0.25) is 0 Å². The molecule has 104 valence electrons. The summed E-state index contributed by atoms with van der Waals surface area (Å²) < 4.78 is 13.6. The monoisotopic (exact) mass is 290 g/mol. The molecule has 0 saturated heterocycles. The number of rotatable bonds is 4. The van der Waals surface area contributed by atoms with Gasteiger partial charge >= 0.3 is 5.97 Å². The molecule has 20 heavy (non-hydrogen) atoms. The number of benzene rings is 2. The molecule has 0 fully saturated rings. The van der Waals surface area contributed by atoms with Crippen LogP contribution in [0.4, 0.5) is 4.39 Å². The van der Waals surface area contributed by atoms with Crippen molar-refractivity contribution in [1.29, 1.82) is 0 Å². The van der Waals surface area contributed by atoms with Crippen molar-refractivity contribution in [2.75, 3.05) is 0 Å². The van der Waals surface area contributed by atoms with Gasteiger partial charge in [-0.1, -0.05) is 23.8 Å². The summed E-state index contributed by atoms with van der Waals surface area (Å²) in [4.78, 5) is 11.9. The molecule has 0 heterocycles. The quantitative estimate of drug-likeness (QED) is 0.846. The number of hydrogen-bond acceptors (Lipinski definition) is 2. The zero-order chi connectivity index (χ0) is 14.7. The van der Waals surface area contributed by atoms with Crippen LogP contribution in [0.3, 0.4) is 0 Å². The molecule has 0 aliphatic carbocycles. The Hall–Kier alpha value is -1.81. The highest BCUT2D eigenvalue weighted by Crippen LogP contribution is 2.27. The first-order chi connectivity index (χ1) is 9.47. The number of aromatic carboxylic acids is 1. The summed E-state index contributed by atoms with van der Waals surface area (Å²) in [5.41, 5.74) is 2.89. The first kappa shape index (κ1) is 14.6. The number of aryl methyl sites for hydroxylation is 2. The maximum atomic E-state index is 13.6. The van der Waals surface area contributed by atoms with E-state index in [-0.39, 0.29) is 5.56 Å². The number of thioether (sulfide) groups is 1. The number of carbonyl (C=O) groups is 1. The van der Waals surface area contributed by atoms with Gasteiger partial charge in [-0.25, -0.2) is 9.18 Å². The van der Waals surface area contributed by atoms with Gasteiger partial charge < -0.3 is 5.11 Å². The van der Waals surface area contributed by atoms with Crippen molar-refractivity contribution in [1.82, 2.24) is 0 Å². The minimum absolute atomic E-state index is 0.287. The third-order valence-corrected chi connectivity index (χ3v) is 4.24. The normalized spacial score (nSPS) is 10.6. The Morgan fingerprint density at radius 1 is 1.20 bits per heavy atom. The predicted octanol–water partition coefficient (Wildman–Crippen LogP) is 4.43. The third-order valence-electron chi connectivity index (χ3n) is 2.99. The van der Waals surface area contributed by atoms with E-state index < -0.39 is 11.8 Å². The lowest BCUT2D eigenvalue weighted by molar-refractivity contribution is 0.0692. The first-order valence-electron chi connectivity index (χ1n) is 6.19. The summed E-state index contributed by atoms with van der Waals surface area (Å²) in [7, 11) is 0. The highest BCUT2D eigenvalue weighted by Gasteiger charge is 2.10. The summed E-state index contributed by atoms with van der Waals surface area (Å²) in [5.74, 6) is -1.31. The van der Waals surface area contributed by atoms with E-state index in [0.717, 1.165) is 10.5 Å². The average Bonchev–Trinajstić information content (AvgIpc) is 2.37. The topological polar surface area (TPSA) is 37.3 Å². The lowest BCUT2D eigenvalue weighted by atomic mass is 10.1. The zero-order valence-corrected chi connectivity index (χ0v) is 12.1. The molecule has 0 unspecified atom stereocenters. The second-order valence-electron chi connectivity index (χ2n) is 4.68. The van der Waals surface area contributed by atoms with E-state index in [1.54, 1.807) is 17.8 Å². The van der Waals surface area contributed by atoms with Gasteiger partial charge in [0.25, 0.3) is 0 Å². The summed E-state index contributed by atoms with van der Waals surface area (Å²) in [6, 6.07) is 10.5. The fourth-order valence-electron chi connectivity index (χ4n) is 1.94. The van der Waals surface area contributed by atoms with E-state index in [0.29, 0.717) is 5.75 Å². The first-order valence-corrected chi connectivity index (χ1v) is 7.17. The van der Waals surface area contributed by atoms with Crippen molar-refractivity contribution in [3.8, 4) is 0 Å². The highest BCUT2D eigenvalue weighted by molar-refractivity contribution is 7.98. The Morgan fingerprint density at radius 3 is 2.55 bits per heavy atom. The molecular formula is C16H15FO2S. The Bertz CT molecular complexity index is 653. The molecule has 0 aliphatic rings. The Balaban J connectivity index is 2.11. The van der Waals surface area contributed by atoms with E-state index in [1.807, 2.05) is 19.9 Å². The van der Waals surface area contributed by atoms with Gasteiger partial charge in [0.2, 0.25) is 0 Å². The smallest absolute Gasteiger partial charge is 0.338 e. The zero-order valence-electron chi connectivity index (χ0n) is 11.3. The lowest BCUT2D eigenvalue weighted by Gasteiger charge is -2.07. The third kappa shape index (κ3) is 3.39. The molecule has 0 saturated carbocycles.